The largest absolute Gasteiger partial charge is 0.395 e. The van der Waals surface area contributed by atoms with E-state index in [0.717, 1.165) is 12.8 Å². The highest BCUT2D eigenvalue weighted by Gasteiger charge is 2.44. The van der Waals surface area contributed by atoms with Crippen LogP contribution in [0.1, 0.15) is 18.4 Å². The van der Waals surface area contributed by atoms with Crippen LogP contribution in [0.2, 0.25) is 0 Å². The van der Waals surface area contributed by atoms with Gasteiger partial charge < -0.3 is 9.67 Å². The molecule has 0 aliphatic heterocycles. The average molecular weight is 201 g/mol. The van der Waals surface area contributed by atoms with Crippen LogP contribution in [0, 0.1) is 0 Å². The molecule has 0 unspecified atom stereocenters. The van der Waals surface area contributed by atoms with Crippen molar-refractivity contribution in [1.82, 2.24) is 4.57 Å². The van der Waals surface area contributed by atoms with Gasteiger partial charge in [-0.05, 0) is 29.9 Å². The van der Waals surface area contributed by atoms with Crippen molar-refractivity contribution in [2.75, 3.05) is 6.61 Å². The summed E-state index contributed by atoms with van der Waals surface area (Å²) in [7, 11) is 2.07. The molecular weight excluding hydrogens is 186 g/mol. The van der Waals surface area contributed by atoms with Crippen molar-refractivity contribution in [3.63, 3.8) is 0 Å². The molecule has 1 aromatic carbocycles. The summed E-state index contributed by atoms with van der Waals surface area (Å²) < 4.78 is 2.15. The second-order valence-corrected chi connectivity index (χ2v) is 4.61. The number of fused-ring (bicyclic) bond motifs is 1. The Morgan fingerprint density at radius 1 is 1.33 bits per heavy atom. The summed E-state index contributed by atoms with van der Waals surface area (Å²) in [5.41, 5.74) is 2.66. The van der Waals surface area contributed by atoms with E-state index in [-0.39, 0.29) is 12.0 Å². The second-order valence-electron chi connectivity index (χ2n) is 4.61. The van der Waals surface area contributed by atoms with E-state index < -0.39 is 0 Å². The van der Waals surface area contributed by atoms with Crippen LogP contribution in [-0.4, -0.2) is 16.3 Å². The highest BCUT2D eigenvalue weighted by atomic mass is 16.3. The molecule has 2 aromatic rings. The van der Waals surface area contributed by atoms with Gasteiger partial charge in [0.15, 0.2) is 0 Å². The van der Waals surface area contributed by atoms with Crippen molar-refractivity contribution in [3.8, 4) is 0 Å². The van der Waals surface area contributed by atoms with Crippen molar-refractivity contribution < 1.29 is 5.11 Å². The lowest BCUT2D eigenvalue weighted by molar-refractivity contribution is 0.255. The molecule has 3 rings (SSSR count). The number of aryl methyl sites for hydroxylation is 1. The molecule has 1 aliphatic carbocycles. The number of aromatic nitrogens is 1. The number of rotatable bonds is 2. The van der Waals surface area contributed by atoms with E-state index >= 15 is 0 Å². The zero-order valence-corrected chi connectivity index (χ0v) is 8.90. The van der Waals surface area contributed by atoms with Crippen molar-refractivity contribution in [2.45, 2.75) is 18.3 Å². The molecular formula is C13H15NO. The minimum absolute atomic E-state index is 0.0611. The van der Waals surface area contributed by atoms with Crippen LogP contribution < -0.4 is 0 Å². The molecule has 0 saturated heterocycles. The first-order chi connectivity index (χ1) is 7.27. The molecule has 78 valence electrons. The van der Waals surface area contributed by atoms with Gasteiger partial charge in [-0.2, -0.15) is 0 Å². The number of para-hydroxylation sites is 1. The quantitative estimate of drug-likeness (QED) is 0.791. The SMILES string of the molecule is Cn1ccc2cccc(C3(CO)CC3)c21. The third-order valence-corrected chi connectivity index (χ3v) is 3.63. The lowest BCUT2D eigenvalue weighted by Crippen LogP contribution is -2.13. The Morgan fingerprint density at radius 3 is 2.80 bits per heavy atom. The van der Waals surface area contributed by atoms with Crippen molar-refractivity contribution in [2.24, 2.45) is 7.05 Å². The Bertz CT molecular complexity index is 508. The van der Waals surface area contributed by atoms with E-state index in [1.54, 1.807) is 0 Å². The molecule has 0 spiro atoms. The van der Waals surface area contributed by atoms with Gasteiger partial charge in [-0.3, -0.25) is 0 Å². The van der Waals surface area contributed by atoms with Gasteiger partial charge in [0.1, 0.15) is 0 Å². The maximum Gasteiger partial charge on any atom is 0.0528 e. The normalized spacial score (nSPS) is 18.3. The van der Waals surface area contributed by atoms with Gasteiger partial charge in [0.2, 0.25) is 0 Å². The van der Waals surface area contributed by atoms with Crippen LogP contribution in [0.4, 0.5) is 0 Å². The van der Waals surface area contributed by atoms with Crippen molar-refractivity contribution in [1.29, 1.82) is 0 Å². The molecule has 0 amide bonds. The van der Waals surface area contributed by atoms with E-state index in [1.165, 1.54) is 16.5 Å². The van der Waals surface area contributed by atoms with Gasteiger partial charge in [-0.1, -0.05) is 18.2 Å². The van der Waals surface area contributed by atoms with Gasteiger partial charge in [-0.25, -0.2) is 0 Å². The molecule has 1 aromatic heterocycles. The predicted octanol–water partition coefficient (Wildman–Crippen LogP) is 2.20. The van der Waals surface area contributed by atoms with E-state index in [9.17, 15) is 5.11 Å². The lowest BCUT2D eigenvalue weighted by Gasteiger charge is -2.14. The highest BCUT2D eigenvalue weighted by Crippen LogP contribution is 2.49. The van der Waals surface area contributed by atoms with Crippen LogP contribution in [0.15, 0.2) is 30.5 Å². The highest BCUT2D eigenvalue weighted by molar-refractivity contribution is 5.84. The smallest absolute Gasteiger partial charge is 0.0528 e. The van der Waals surface area contributed by atoms with Crippen LogP contribution in [0.5, 0.6) is 0 Å². The Labute approximate surface area is 89.1 Å². The van der Waals surface area contributed by atoms with E-state index in [2.05, 4.69) is 42.1 Å². The summed E-state index contributed by atoms with van der Waals surface area (Å²) in [5.74, 6) is 0. The fourth-order valence-corrected chi connectivity index (χ4v) is 2.45. The topological polar surface area (TPSA) is 25.2 Å². The molecule has 0 atom stereocenters. The van der Waals surface area contributed by atoms with Crippen LogP contribution in [-0.2, 0) is 12.5 Å². The molecule has 0 radical (unpaired) electrons. The number of hydrogen-bond donors (Lipinski definition) is 1. The number of hydrogen-bond acceptors (Lipinski definition) is 1. The summed E-state index contributed by atoms with van der Waals surface area (Å²) in [4.78, 5) is 0. The van der Waals surface area contributed by atoms with Crippen LogP contribution >= 0.6 is 0 Å². The number of benzene rings is 1. The number of nitrogens with zero attached hydrogens (tertiary/aromatic N) is 1. The van der Waals surface area contributed by atoms with Gasteiger partial charge in [0.05, 0.1) is 12.1 Å². The van der Waals surface area contributed by atoms with Gasteiger partial charge in [-0.15, -0.1) is 0 Å². The third-order valence-electron chi connectivity index (χ3n) is 3.63. The second kappa shape index (κ2) is 2.86. The first kappa shape index (κ1) is 8.98. The summed E-state index contributed by atoms with van der Waals surface area (Å²) in [5, 5.41) is 10.8. The molecule has 0 bridgehead atoms. The maximum absolute atomic E-state index is 9.49. The zero-order valence-electron chi connectivity index (χ0n) is 8.90. The van der Waals surface area contributed by atoms with E-state index in [0.29, 0.717) is 0 Å². The van der Waals surface area contributed by atoms with Crippen molar-refractivity contribution in [3.05, 3.63) is 36.0 Å². The van der Waals surface area contributed by atoms with Crippen LogP contribution in [0.25, 0.3) is 10.9 Å². The Morgan fingerprint density at radius 2 is 2.13 bits per heavy atom. The monoisotopic (exact) mass is 201 g/mol. The molecule has 1 aliphatic rings. The van der Waals surface area contributed by atoms with Gasteiger partial charge >= 0.3 is 0 Å². The first-order valence-electron chi connectivity index (χ1n) is 5.42. The summed E-state index contributed by atoms with van der Waals surface area (Å²) in [6, 6.07) is 8.51. The van der Waals surface area contributed by atoms with E-state index in [4.69, 9.17) is 0 Å². The molecule has 1 heterocycles. The predicted molar refractivity (Wildman–Crippen MR) is 60.9 cm³/mol. The van der Waals surface area contributed by atoms with Crippen molar-refractivity contribution >= 4 is 10.9 Å². The standard InChI is InChI=1S/C13H15NO/c1-14-8-5-10-3-2-4-11(12(10)14)13(9-15)6-7-13/h2-5,8,15H,6-7,9H2,1H3. The fourth-order valence-electron chi connectivity index (χ4n) is 2.45. The number of aliphatic hydroxyl groups excluding tert-OH is 1. The summed E-state index contributed by atoms with van der Waals surface area (Å²) >= 11 is 0. The first-order valence-corrected chi connectivity index (χ1v) is 5.42. The molecule has 1 N–H and O–H groups in total. The molecule has 1 fully saturated rings. The maximum atomic E-state index is 9.49. The van der Waals surface area contributed by atoms with Crippen LogP contribution in [0.3, 0.4) is 0 Å². The van der Waals surface area contributed by atoms with Gasteiger partial charge in [0, 0.05) is 18.7 Å². The summed E-state index contributed by atoms with van der Waals surface area (Å²) in [6.07, 6.45) is 4.32. The van der Waals surface area contributed by atoms with E-state index in [1.807, 2.05) is 0 Å². The average Bonchev–Trinajstić information content (AvgIpc) is 2.98. The molecule has 15 heavy (non-hydrogen) atoms. The Kier molecular flexibility index (Phi) is 1.71. The molecule has 2 nitrogen and oxygen atoms in total. The Hall–Kier alpha value is -1.28. The zero-order chi connectivity index (χ0) is 10.5. The van der Waals surface area contributed by atoms with Gasteiger partial charge in [0.25, 0.3) is 0 Å². The number of aliphatic hydroxyl groups is 1. The third kappa shape index (κ3) is 1.15. The fraction of sp³-hybridized carbons (Fsp3) is 0.385. The minimum Gasteiger partial charge on any atom is -0.395 e. The Balaban J connectivity index is 2.30. The molecule has 2 heteroatoms. The minimum atomic E-state index is 0.0611. The summed E-state index contributed by atoms with van der Waals surface area (Å²) in [6.45, 7) is 0.275. The lowest BCUT2D eigenvalue weighted by atomic mass is 9.95. The molecule has 1 saturated carbocycles.